The zero-order valence-corrected chi connectivity index (χ0v) is 15.6. The molecule has 1 amide bonds. The Morgan fingerprint density at radius 3 is 2.64 bits per heavy atom. The van der Waals surface area contributed by atoms with Crippen molar-refractivity contribution in [2.75, 3.05) is 5.32 Å². The van der Waals surface area contributed by atoms with E-state index in [9.17, 15) is 4.79 Å². The number of nitrogens with zero attached hydrogens (tertiary/aromatic N) is 4. The number of anilines is 1. The highest BCUT2D eigenvalue weighted by Crippen LogP contribution is 2.32. The van der Waals surface area contributed by atoms with Gasteiger partial charge in [0.15, 0.2) is 0 Å². The lowest BCUT2D eigenvalue weighted by Gasteiger charge is -2.12. The zero-order valence-electron chi connectivity index (χ0n) is 14.8. The van der Waals surface area contributed by atoms with E-state index in [1.165, 1.54) is 11.9 Å². The van der Waals surface area contributed by atoms with Gasteiger partial charge in [0.1, 0.15) is 11.4 Å². The molecule has 0 spiro atoms. The highest BCUT2D eigenvalue weighted by molar-refractivity contribution is 7.99. The predicted molar refractivity (Wildman–Crippen MR) is 98.9 cm³/mol. The van der Waals surface area contributed by atoms with Gasteiger partial charge >= 0.3 is 0 Å². The van der Waals surface area contributed by atoms with Crippen LogP contribution in [0.25, 0.3) is 5.78 Å². The summed E-state index contributed by atoms with van der Waals surface area (Å²) >= 11 is 1.63. The van der Waals surface area contributed by atoms with Crippen LogP contribution in [0.15, 0.2) is 40.5 Å². The van der Waals surface area contributed by atoms with Crippen molar-refractivity contribution in [3.05, 3.63) is 41.9 Å². The van der Waals surface area contributed by atoms with E-state index in [1.54, 1.807) is 16.3 Å². The third-order valence-corrected chi connectivity index (χ3v) is 5.02. The monoisotopic (exact) mass is 355 g/mol. The molecule has 1 N–H and O–H groups in total. The Bertz CT molecular complexity index is 902. The molecule has 0 aliphatic heterocycles. The van der Waals surface area contributed by atoms with Gasteiger partial charge in [-0.15, -0.1) is 0 Å². The first-order valence-corrected chi connectivity index (χ1v) is 9.09. The Labute approximate surface area is 151 Å². The summed E-state index contributed by atoms with van der Waals surface area (Å²) in [5, 5.41) is 8.24. The van der Waals surface area contributed by atoms with Crippen LogP contribution in [-0.4, -0.2) is 25.5 Å². The van der Waals surface area contributed by atoms with E-state index >= 15 is 0 Å². The van der Waals surface area contributed by atoms with Crippen molar-refractivity contribution in [3.8, 4) is 0 Å². The lowest BCUT2D eigenvalue weighted by molar-refractivity contribution is -0.118. The van der Waals surface area contributed by atoms with E-state index < -0.39 is 0 Å². The molecule has 0 atom stereocenters. The molecular formula is C18H21N5OS. The van der Waals surface area contributed by atoms with Crippen molar-refractivity contribution >= 4 is 29.1 Å². The Morgan fingerprint density at radius 1 is 1.28 bits per heavy atom. The lowest BCUT2D eigenvalue weighted by Crippen LogP contribution is -2.17. The minimum absolute atomic E-state index is 0.0164. The van der Waals surface area contributed by atoms with E-state index in [0.717, 1.165) is 27.7 Å². The van der Waals surface area contributed by atoms with Gasteiger partial charge in [0.25, 0.3) is 5.78 Å². The lowest BCUT2D eigenvalue weighted by atomic mass is 10.2. The number of fused-ring (bicyclic) bond motifs is 1. The van der Waals surface area contributed by atoms with E-state index in [-0.39, 0.29) is 11.8 Å². The van der Waals surface area contributed by atoms with Gasteiger partial charge < -0.3 is 5.32 Å². The van der Waals surface area contributed by atoms with Crippen LogP contribution in [0.4, 0.5) is 5.69 Å². The molecule has 130 valence electrons. The van der Waals surface area contributed by atoms with E-state index in [4.69, 9.17) is 0 Å². The number of hydrogen-bond donors (Lipinski definition) is 1. The van der Waals surface area contributed by atoms with E-state index in [0.29, 0.717) is 5.78 Å². The second-order valence-electron chi connectivity index (χ2n) is 6.08. The van der Waals surface area contributed by atoms with Crippen molar-refractivity contribution < 1.29 is 4.79 Å². The molecule has 3 aromatic rings. The number of benzene rings is 1. The number of carbonyl (C=O) groups excluding carboxylic acids is 1. The maximum Gasteiger partial charge on any atom is 0.253 e. The molecule has 0 fully saturated rings. The summed E-state index contributed by atoms with van der Waals surface area (Å²) in [6, 6.07) is 7.83. The molecule has 0 radical (unpaired) electrons. The fourth-order valence-corrected chi connectivity index (χ4v) is 3.60. The minimum Gasteiger partial charge on any atom is -0.326 e. The molecule has 0 saturated heterocycles. The highest BCUT2D eigenvalue weighted by atomic mass is 32.2. The Hall–Kier alpha value is -2.41. The maximum atomic E-state index is 11.8. The molecule has 0 aliphatic carbocycles. The van der Waals surface area contributed by atoms with Crippen LogP contribution in [0.1, 0.15) is 32.0 Å². The van der Waals surface area contributed by atoms with Gasteiger partial charge in [-0.2, -0.15) is 14.6 Å². The van der Waals surface area contributed by atoms with Crippen molar-refractivity contribution in [3.63, 3.8) is 0 Å². The average molecular weight is 355 g/mol. The molecule has 2 aromatic heterocycles. The molecule has 7 heteroatoms. The zero-order chi connectivity index (χ0) is 18.0. The normalized spacial score (nSPS) is 11.2. The summed E-state index contributed by atoms with van der Waals surface area (Å²) in [5.41, 5.74) is 2.95. The summed E-state index contributed by atoms with van der Waals surface area (Å²) in [5.74, 6) is 0.585. The molecule has 3 rings (SSSR count). The van der Waals surface area contributed by atoms with E-state index in [1.807, 2.05) is 45.0 Å². The van der Waals surface area contributed by atoms with Crippen molar-refractivity contribution in [1.29, 1.82) is 0 Å². The third kappa shape index (κ3) is 3.66. The first kappa shape index (κ1) is 17.4. The van der Waals surface area contributed by atoms with Crippen molar-refractivity contribution in [1.82, 2.24) is 19.6 Å². The fraction of sp³-hybridized carbons (Fsp3) is 0.333. The first-order chi connectivity index (χ1) is 12.0. The quantitative estimate of drug-likeness (QED) is 0.706. The van der Waals surface area contributed by atoms with Gasteiger partial charge in [-0.1, -0.05) is 32.5 Å². The van der Waals surface area contributed by atoms with Crippen LogP contribution in [0.2, 0.25) is 0 Å². The number of amides is 1. The smallest absolute Gasteiger partial charge is 0.253 e. The van der Waals surface area contributed by atoms with Gasteiger partial charge in [-0.3, -0.25) is 4.79 Å². The van der Waals surface area contributed by atoms with Crippen LogP contribution >= 0.6 is 11.8 Å². The molecule has 0 saturated carbocycles. The second kappa shape index (κ2) is 7.23. The summed E-state index contributed by atoms with van der Waals surface area (Å²) in [4.78, 5) is 21.6. The van der Waals surface area contributed by atoms with Gasteiger partial charge in [-0.25, -0.2) is 4.98 Å². The number of aryl methyl sites for hydroxylation is 1. The molecule has 6 nitrogen and oxygen atoms in total. The van der Waals surface area contributed by atoms with Crippen LogP contribution in [0.5, 0.6) is 0 Å². The predicted octanol–water partition coefficient (Wildman–Crippen LogP) is 3.74. The molecule has 0 aliphatic rings. The molecule has 0 bridgehead atoms. The standard InChI is InChI=1S/C18H21N5OS/c1-5-15-12(4)21-18-19-10-20-23(18)17(15)25-14-8-6-13(7-9-14)22-16(24)11(2)3/h6-11H,5H2,1-4H3,(H,22,24). The molecule has 1 aromatic carbocycles. The second-order valence-corrected chi connectivity index (χ2v) is 7.14. The summed E-state index contributed by atoms with van der Waals surface area (Å²) in [6.45, 7) is 7.87. The van der Waals surface area contributed by atoms with Crippen LogP contribution in [0, 0.1) is 12.8 Å². The van der Waals surface area contributed by atoms with Crippen molar-refractivity contribution in [2.45, 2.75) is 44.0 Å². The Morgan fingerprint density at radius 2 is 2.00 bits per heavy atom. The SMILES string of the molecule is CCc1c(C)nc2ncnn2c1Sc1ccc(NC(=O)C(C)C)cc1. The van der Waals surface area contributed by atoms with Gasteiger partial charge in [0.2, 0.25) is 5.91 Å². The largest absolute Gasteiger partial charge is 0.326 e. The molecule has 0 unspecified atom stereocenters. The van der Waals surface area contributed by atoms with Crippen LogP contribution in [-0.2, 0) is 11.2 Å². The number of hydrogen-bond acceptors (Lipinski definition) is 5. The average Bonchev–Trinajstić information content (AvgIpc) is 3.04. The highest BCUT2D eigenvalue weighted by Gasteiger charge is 2.14. The van der Waals surface area contributed by atoms with Gasteiger partial charge in [0, 0.05) is 27.8 Å². The van der Waals surface area contributed by atoms with Gasteiger partial charge in [0.05, 0.1) is 0 Å². The summed E-state index contributed by atoms with van der Waals surface area (Å²) in [7, 11) is 0. The topological polar surface area (TPSA) is 72.2 Å². The molecular weight excluding hydrogens is 334 g/mol. The van der Waals surface area contributed by atoms with Crippen LogP contribution in [0.3, 0.4) is 0 Å². The third-order valence-electron chi connectivity index (χ3n) is 3.90. The number of carbonyl (C=O) groups is 1. The maximum absolute atomic E-state index is 11.8. The number of aromatic nitrogens is 4. The number of nitrogens with one attached hydrogen (secondary N) is 1. The first-order valence-electron chi connectivity index (χ1n) is 8.27. The summed E-state index contributed by atoms with van der Waals surface area (Å²) < 4.78 is 1.78. The Kier molecular flexibility index (Phi) is 5.03. The fourth-order valence-electron chi connectivity index (χ4n) is 2.47. The minimum atomic E-state index is -0.0402. The van der Waals surface area contributed by atoms with Gasteiger partial charge in [-0.05, 0) is 37.6 Å². The van der Waals surface area contributed by atoms with Crippen LogP contribution < -0.4 is 5.32 Å². The molecule has 25 heavy (non-hydrogen) atoms. The molecule has 2 heterocycles. The summed E-state index contributed by atoms with van der Waals surface area (Å²) in [6.07, 6.45) is 2.40. The van der Waals surface area contributed by atoms with Crippen molar-refractivity contribution in [2.24, 2.45) is 5.92 Å². The van der Waals surface area contributed by atoms with E-state index in [2.05, 4.69) is 27.3 Å². The number of rotatable bonds is 5. The Balaban J connectivity index is 1.89.